The Balaban J connectivity index is 1.75. The molecule has 2 aromatic rings. The van der Waals surface area contributed by atoms with E-state index in [1.807, 2.05) is 6.07 Å². The molecule has 144 valence electrons. The number of carboxylic acids is 1. The van der Waals surface area contributed by atoms with Crippen molar-refractivity contribution in [2.24, 2.45) is 0 Å². The molecule has 1 unspecified atom stereocenters. The van der Waals surface area contributed by atoms with Crippen LogP contribution in [0.4, 0.5) is 0 Å². The average molecular weight is 389 g/mol. The molecule has 6 nitrogen and oxygen atoms in total. The quantitative estimate of drug-likeness (QED) is 0.818. The maximum Gasteiger partial charge on any atom is 0.304 e. The number of rotatable bonds is 6. The van der Waals surface area contributed by atoms with Crippen LogP contribution in [0.1, 0.15) is 23.7 Å². The van der Waals surface area contributed by atoms with Crippen LogP contribution in [0.3, 0.4) is 0 Å². The Morgan fingerprint density at radius 2 is 1.89 bits per heavy atom. The zero-order chi connectivity index (χ0) is 19.4. The van der Waals surface area contributed by atoms with Crippen molar-refractivity contribution in [3.8, 4) is 0 Å². The highest BCUT2D eigenvalue weighted by Gasteiger charge is 2.24. The molecule has 0 spiro atoms. The lowest BCUT2D eigenvalue weighted by Gasteiger charge is -2.32. The standard InChI is InChI=1S/C20H23NO5S/c1-15-4-2-3-5-19(15)27(24,25)17-8-6-16(7-9-17)18-14-21(12-13-26-18)11-10-20(22)23/h2-9,18H,10-14H2,1H3,(H,22,23). The van der Waals surface area contributed by atoms with E-state index in [0.29, 0.717) is 36.7 Å². The van der Waals surface area contributed by atoms with Gasteiger partial charge in [0, 0.05) is 19.6 Å². The summed E-state index contributed by atoms with van der Waals surface area (Å²) in [5.41, 5.74) is 1.60. The van der Waals surface area contributed by atoms with Crippen molar-refractivity contribution < 1.29 is 23.1 Å². The molecule has 0 saturated carbocycles. The van der Waals surface area contributed by atoms with Gasteiger partial charge >= 0.3 is 5.97 Å². The highest BCUT2D eigenvalue weighted by molar-refractivity contribution is 7.91. The van der Waals surface area contributed by atoms with E-state index in [9.17, 15) is 13.2 Å². The number of hydrogen-bond acceptors (Lipinski definition) is 5. The zero-order valence-corrected chi connectivity index (χ0v) is 16.0. The van der Waals surface area contributed by atoms with Crippen molar-refractivity contribution in [2.45, 2.75) is 29.2 Å². The first-order chi connectivity index (χ1) is 12.9. The number of aryl methyl sites for hydroxylation is 1. The van der Waals surface area contributed by atoms with Gasteiger partial charge in [-0.3, -0.25) is 9.69 Å². The minimum absolute atomic E-state index is 0.0975. The van der Waals surface area contributed by atoms with Crippen LogP contribution < -0.4 is 0 Å². The van der Waals surface area contributed by atoms with Crippen molar-refractivity contribution >= 4 is 15.8 Å². The maximum atomic E-state index is 12.8. The SMILES string of the molecule is Cc1ccccc1S(=O)(=O)c1ccc(C2CN(CCC(=O)O)CCO2)cc1. The second kappa shape index (κ2) is 8.21. The van der Waals surface area contributed by atoms with E-state index < -0.39 is 15.8 Å². The summed E-state index contributed by atoms with van der Waals surface area (Å²) in [5.74, 6) is -0.816. The lowest BCUT2D eigenvalue weighted by molar-refractivity contribution is -0.137. The summed E-state index contributed by atoms with van der Waals surface area (Å²) in [5, 5.41) is 8.83. The van der Waals surface area contributed by atoms with Gasteiger partial charge in [-0.2, -0.15) is 0 Å². The van der Waals surface area contributed by atoms with Crippen molar-refractivity contribution in [3.05, 3.63) is 59.7 Å². The smallest absolute Gasteiger partial charge is 0.304 e. The molecule has 1 saturated heterocycles. The molecular weight excluding hydrogens is 366 g/mol. The number of carboxylic acid groups (broad SMARTS) is 1. The summed E-state index contributed by atoms with van der Waals surface area (Å²) in [4.78, 5) is 13.4. The summed E-state index contributed by atoms with van der Waals surface area (Å²) in [6.07, 6.45) is -0.0943. The minimum atomic E-state index is -3.56. The third-order valence-corrected chi connectivity index (χ3v) is 6.67. The van der Waals surface area contributed by atoms with Gasteiger partial charge in [-0.1, -0.05) is 30.3 Å². The summed E-state index contributed by atoms with van der Waals surface area (Å²) >= 11 is 0. The van der Waals surface area contributed by atoms with Crippen molar-refractivity contribution in [3.63, 3.8) is 0 Å². The third kappa shape index (κ3) is 4.55. The monoisotopic (exact) mass is 389 g/mol. The van der Waals surface area contributed by atoms with Crippen LogP contribution in [-0.2, 0) is 19.4 Å². The number of ether oxygens (including phenoxy) is 1. The average Bonchev–Trinajstić information content (AvgIpc) is 2.67. The van der Waals surface area contributed by atoms with Gasteiger partial charge in [0.15, 0.2) is 0 Å². The highest BCUT2D eigenvalue weighted by atomic mass is 32.2. The van der Waals surface area contributed by atoms with Crippen molar-refractivity contribution in [1.29, 1.82) is 0 Å². The van der Waals surface area contributed by atoms with Crippen LogP contribution in [-0.4, -0.2) is 50.6 Å². The fraction of sp³-hybridized carbons (Fsp3) is 0.350. The molecule has 0 amide bonds. The summed E-state index contributed by atoms with van der Waals surface area (Å²) < 4.78 is 31.5. The van der Waals surface area contributed by atoms with Gasteiger partial charge in [0.2, 0.25) is 9.84 Å². The molecule has 7 heteroatoms. The first-order valence-electron chi connectivity index (χ1n) is 8.84. The molecular formula is C20H23NO5S. The molecule has 0 aliphatic carbocycles. The summed E-state index contributed by atoms with van der Waals surface area (Å²) in [7, 11) is -3.56. The molecule has 0 radical (unpaired) electrons. The Labute approximate surface area is 159 Å². The van der Waals surface area contributed by atoms with Crippen molar-refractivity contribution in [2.75, 3.05) is 26.2 Å². The first kappa shape index (κ1) is 19.5. The normalized spacial score (nSPS) is 18.3. The predicted molar refractivity (Wildman–Crippen MR) is 100 cm³/mol. The molecule has 1 aliphatic heterocycles. The number of benzene rings is 2. The topological polar surface area (TPSA) is 83.9 Å². The fourth-order valence-corrected chi connectivity index (χ4v) is 4.71. The van der Waals surface area contributed by atoms with Crippen LogP contribution >= 0.6 is 0 Å². The number of aliphatic carboxylic acids is 1. The first-order valence-corrected chi connectivity index (χ1v) is 10.3. The van der Waals surface area contributed by atoms with E-state index in [2.05, 4.69) is 4.90 Å². The molecule has 0 aromatic heterocycles. The van der Waals surface area contributed by atoms with Crippen LogP contribution in [0, 0.1) is 6.92 Å². The van der Waals surface area contributed by atoms with E-state index in [4.69, 9.17) is 9.84 Å². The van der Waals surface area contributed by atoms with Gasteiger partial charge < -0.3 is 9.84 Å². The van der Waals surface area contributed by atoms with E-state index in [-0.39, 0.29) is 17.4 Å². The van der Waals surface area contributed by atoms with E-state index in [1.165, 1.54) is 0 Å². The van der Waals surface area contributed by atoms with E-state index >= 15 is 0 Å². The van der Waals surface area contributed by atoms with Crippen LogP contribution in [0.2, 0.25) is 0 Å². The number of morpholine rings is 1. The molecule has 1 N–H and O–H groups in total. The third-order valence-electron chi connectivity index (χ3n) is 4.74. The van der Waals surface area contributed by atoms with E-state index in [1.54, 1.807) is 49.4 Å². The largest absolute Gasteiger partial charge is 0.481 e. The van der Waals surface area contributed by atoms with Gasteiger partial charge in [0.25, 0.3) is 0 Å². The Morgan fingerprint density at radius 3 is 2.56 bits per heavy atom. The summed E-state index contributed by atoms with van der Waals surface area (Å²) in [6.45, 7) is 4.08. The van der Waals surface area contributed by atoms with E-state index in [0.717, 1.165) is 5.56 Å². The van der Waals surface area contributed by atoms with Gasteiger partial charge in [-0.25, -0.2) is 8.42 Å². The van der Waals surface area contributed by atoms with Gasteiger partial charge in [0.05, 0.1) is 28.9 Å². The summed E-state index contributed by atoms with van der Waals surface area (Å²) in [6, 6.07) is 13.7. The Kier molecular flexibility index (Phi) is 5.94. The number of nitrogens with zero attached hydrogens (tertiary/aromatic N) is 1. The lowest BCUT2D eigenvalue weighted by atomic mass is 10.1. The molecule has 1 heterocycles. The molecule has 1 aliphatic rings. The maximum absolute atomic E-state index is 12.8. The van der Waals surface area contributed by atoms with Gasteiger partial charge in [-0.15, -0.1) is 0 Å². The molecule has 1 fully saturated rings. The Morgan fingerprint density at radius 1 is 1.19 bits per heavy atom. The minimum Gasteiger partial charge on any atom is -0.481 e. The molecule has 1 atom stereocenters. The van der Waals surface area contributed by atoms with Gasteiger partial charge in [-0.05, 0) is 36.2 Å². The number of hydrogen-bond donors (Lipinski definition) is 1. The lowest BCUT2D eigenvalue weighted by Crippen LogP contribution is -2.39. The van der Waals surface area contributed by atoms with Crippen LogP contribution in [0.15, 0.2) is 58.3 Å². The number of sulfone groups is 1. The van der Waals surface area contributed by atoms with Crippen molar-refractivity contribution in [1.82, 2.24) is 4.90 Å². The second-order valence-corrected chi connectivity index (χ2v) is 8.56. The molecule has 27 heavy (non-hydrogen) atoms. The highest BCUT2D eigenvalue weighted by Crippen LogP contribution is 2.27. The Bertz CT molecular complexity index is 908. The number of carbonyl (C=O) groups is 1. The van der Waals surface area contributed by atoms with Crippen LogP contribution in [0.25, 0.3) is 0 Å². The van der Waals surface area contributed by atoms with Crippen LogP contribution in [0.5, 0.6) is 0 Å². The predicted octanol–water partition coefficient (Wildman–Crippen LogP) is 2.68. The fourth-order valence-electron chi connectivity index (χ4n) is 3.21. The zero-order valence-electron chi connectivity index (χ0n) is 15.2. The molecule has 0 bridgehead atoms. The second-order valence-electron chi connectivity index (χ2n) is 6.64. The molecule has 3 rings (SSSR count). The molecule has 2 aromatic carbocycles. The Hall–Kier alpha value is -2.22. The van der Waals surface area contributed by atoms with Gasteiger partial charge in [0.1, 0.15) is 0 Å².